The molecule has 5 rings (SSSR count). The summed E-state index contributed by atoms with van der Waals surface area (Å²) in [6.07, 6.45) is 13.1. The van der Waals surface area contributed by atoms with Crippen molar-refractivity contribution < 1.29 is 14.6 Å². The van der Waals surface area contributed by atoms with Crippen molar-refractivity contribution in [2.75, 3.05) is 0 Å². The minimum absolute atomic E-state index is 0.195. The fraction of sp³-hybridized carbons (Fsp3) is 0.889. The maximum atomic E-state index is 12.1. The van der Waals surface area contributed by atoms with Crippen LogP contribution >= 0.6 is 0 Å². The molecule has 6 unspecified atom stereocenters. The van der Waals surface area contributed by atoms with E-state index in [0.717, 1.165) is 31.6 Å². The Kier molecular flexibility index (Phi) is 4.88. The molecule has 3 nitrogen and oxygen atoms in total. The maximum absolute atomic E-state index is 12.1. The lowest BCUT2D eigenvalue weighted by Gasteiger charge is -2.59. The van der Waals surface area contributed by atoms with E-state index < -0.39 is 5.79 Å². The van der Waals surface area contributed by atoms with Gasteiger partial charge in [-0.3, -0.25) is 4.79 Å². The van der Waals surface area contributed by atoms with Crippen LogP contribution in [0.1, 0.15) is 86.0 Å². The molecule has 3 saturated carbocycles. The van der Waals surface area contributed by atoms with Crippen molar-refractivity contribution in [3.05, 3.63) is 12.2 Å². The first-order valence-electron chi connectivity index (χ1n) is 12.7. The Morgan fingerprint density at radius 1 is 1.20 bits per heavy atom. The zero-order valence-electron chi connectivity index (χ0n) is 19.7. The highest BCUT2D eigenvalue weighted by Gasteiger charge is 2.68. The molecule has 1 heterocycles. The number of hydrogen-bond donors (Lipinski definition) is 1. The number of allylic oxidation sites excluding steroid dienone is 2. The highest BCUT2D eigenvalue weighted by Crippen LogP contribution is 2.70. The predicted octanol–water partition coefficient (Wildman–Crippen LogP) is 5.76. The van der Waals surface area contributed by atoms with E-state index in [-0.39, 0.29) is 22.9 Å². The Morgan fingerprint density at radius 2 is 1.97 bits per heavy atom. The molecule has 4 fully saturated rings. The van der Waals surface area contributed by atoms with Gasteiger partial charge in [0.1, 0.15) is 0 Å². The zero-order valence-corrected chi connectivity index (χ0v) is 19.7. The number of ether oxygens (including phenoxy) is 1. The highest BCUT2D eigenvalue weighted by molar-refractivity contribution is 5.91. The molecular formula is C27H42O3. The number of fused-ring (bicyclic) bond motifs is 7. The Morgan fingerprint density at radius 3 is 2.70 bits per heavy atom. The average molecular weight is 415 g/mol. The second-order valence-electron chi connectivity index (χ2n) is 12.5. The Balaban J connectivity index is 1.40. The quantitative estimate of drug-likeness (QED) is 0.638. The van der Waals surface area contributed by atoms with Gasteiger partial charge in [0.2, 0.25) is 0 Å². The zero-order chi connectivity index (χ0) is 21.5. The second-order valence-corrected chi connectivity index (χ2v) is 12.5. The Bertz CT molecular complexity index is 742. The number of carbonyl (C=O) groups excluding carboxylic acids is 1. The Hall–Kier alpha value is -0.670. The van der Waals surface area contributed by atoms with Crippen molar-refractivity contribution in [2.45, 2.75) is 97.9 Å². The van der Waals surface area contributed by atoms with E-state index in [1.807, 2.05) is 6.08 Å². The van der Waals surface area contributed by atoms with E-state index >= 15 is 0 Å². The lowest BCUT2D eigenvalue weighted by molar-refractivity contribution is -0.221. The van der Waals surface area contributed by atoms with Crippen molar-refractivity contribution in [3.63, 3.8) is 0 Å². The summed E-state index contributed by atoms with van der Waals surface area (Å²) in [5, 5.41) is 11.4. The van der Waals surface area contributed by atoms with Crippen LogP contribution in [0.4, 0.5) is 0 Å². The summed E-state index contributed by atoms with van der Waals surface area (Å²) in [5.41, 5.74) is 0.477. The largest absolute Gasteiger partial charge is 0.365 e. The van der Waals surface area contributed by atoms with E-state index in [4.69, 9.17) is 4.74 Å². The lowest BCUT2D eigenvalue weighted by atomic mass is 9.45. The molecule has 1 N–H and O–H groups in total. The summed E-state index contributed by atoms with van der Waals surface area (Å²) in [6, 6.07) is 0. The summed E-state index contributed by atoms with van der Waals surface area (Å²) in [7, 11) is 0. The van der Waals surface area contributed by atoms with Crippen molar-refractivity contribution in [1.29, 1.82) is 0 Å². The summed E-state index contributed by atoms with van der Waals surface area (Å²) >= 11 is 0. The standard InChI is InChI=1S/C27H42O3/c1-16(2)8-13-27(29)17(3)24-23(30-27)15-22-20-7-6-18-14-19(28)9-11-25(18,4)21(20)10-12-26(22,24)5/h9,11,16-18,20-24,29H,6-8,10,12-15H2,1-5H3/t17?,18?,20?,21?,22?,23-,24-,25-,26-,27?/m0/s1. The normalized spacial score (nSPS) is 54.6. The van der Waals surface area contributed by atoms with Crippen LogP contribution in [0.15, 0.2) is 12.2 Å². The summed E-state index contributed by atoms with van der Waals surface area (Å²) < 4.78 is 6.52. The molecular weight excluding hydrogens is 372 g/mol. The molecule has 3 heteroatoms. The highest BCUT2D eigenvalue weighted by atomic mass is 16.6. The molecule has 5 aliphatic rings. The van der Waals surface area contributed by atoms with E-state index in [1.165, 1.54) is 25.7 Å². The number of aliphatic hydroxyl groups is 1. The topological polar surface area (TPSA) is 46.5 Å². The van der Waals surface area contributed by atoms with Crippen molar-refractivity contribution in [3.8, 4) is 0 Å². The van der Waals surface area contributed by atoms with Crippen LogP contribution in [-0.2, 0) is 9.53 Å². The number of hydrogen-bond acceptors (Lipinski definition) is 3. The van der Waals surface area contributed by atoms with E-state index in [2.05, 4.69) is 40.7 Å². The molecule has 0 aromatic heterocycles. The van der Waals surface area contributed by atoms with E-state index in [1.54, 1.807) is 0 Å². The van der Waals surface area contributed by atoms with Crippen LogP contribution in [0.5, 0.6) is 0 Å². The van der Waals surface area contributed by atoms with Crippen LogP contribution in [0, 0.1) is 52.3 Å². The minimum atomic E-state index is -0.930. The smallest absolute Gasteiger partial charge is 0.168 e. The van der Waals surface area contributed by atoms with Gasteiger partial charge < -0.3 is 9.84 Å². The van der Waals surface area contributed by atoms with Crippen LogP contribution in [-0.4, -0.2) is 22.8 Å². The monoisotopic (exact) mass is 414 g/mol. The van der Waals surface area contributed by atoms with Gasteiger partial charge in [0, 0.05) is 18.8 Å². The second kappa shape index (κ2) is 6.91. The van der Waals surface area contributed by atoms with E-state index in [0.29, 0.717) is 35.4 Å². The summed E-state index contributed by atoms with van der Waals surface area (Å²) in [6.45, 7) is 11.7. The molecule has 0 bridgehead atoms. The fourth-order valence-electron chi connectivity index (χ4n) is 9.11. The molecule has 0 aromatic rings. The first-order chi connectivity index (χ1) is 14.1. The van der Waals surface area contributed by atoms with E-state index in [9.17, 15) is 9.90 Å². The van der Waals surface area contributed by atoms with Gasteiger partial charge in [0.05, 0.1) is 6.10 Å². The average Bonchev–Trinajstić information content (AvgIpc) is 3.11. The van der Waals surface area contributed by atoms with Crippen LogP contribution in [0.2, 0.25) is 0 Å². The van der Waals surface area contributed by atoms with Crippen LogP contribution < -0.4 is 0 Å². The molecule has 10 atom stereocenters. The van der Waals surface area contributed by atoms with Gasteiger partial charge in [0.15, 0.2) is 11.6 Å². The lowest BCUT2D eigenvalue weighted by Crippen LogP contribution is -2.53. The SMILES string of the molecule is CC(C)CCC1(O)O[C@H]2CC3C4CCC5CC(=O)C=C[C@]5(C)C4CC[C@]3(C)[C@H]2C1C. The van der Waals surface area contributed by atoms with Gasteiger partial charge in [-0.1, -0.05) is 40.7 Å². The molecule has 0 aromatic carbocycles. The first-order valence-corrected chi connectivity index (χ1v) is 12.7. The third kappa shape index (κ3) is 2.86. The van der Waals surface area contributed by atoms with Gasteiger partial charge in [0.25, 0.3) is 0 Å². The molecule has 1 aliphatic heterocycles. The van der Waals surface area contributed by atoms with Gasteiger partial charge in [-0.2, -0.15) is 0 Å². The van der Waals surface area contributed by atoms with Crippen molar-refractivity contribution >= 4 is 5.78 Å². The van der Waals surface area contributed by atoms with Crippen LogP contribution in [0.25, 0.3) is 0 Å². The predicted molar refractivity (Wildman–Crippen MR) is 119 cm³/mol. The number of ketones is 1. The maximum Gasteiger partial charge on any atom is 0.168 e. The molecule has 168 valence electrons. The molecule has 0 spiro atoms. The molecule has 0 amide bonds. The molecule has 1 saturated heterocycles. The number of rotatable bonds is 3. The third-order valence-electron chi connectivity index (χ3n) is 10.8. The molecule has 4 aliphatic carbocycles. The van der Waals surface area contributed by atoms with Gasteiger partial charge in [-0.05, 0) is 90.9 Å². The van der Waals surface area contributed by atoms with Gasteiger partial charge in [-0.15, -0.1) is 0 Å². The van der Waals surface area contributed by atoms with Crippen LogP contribution in [0.3, 0.4) is 0 Å². The minimum Gasteiger partial charge on any atom is -0.365 e. The van der Waals surface area contributed by atoms with Gasteiger partial charge >= 0.3 is 0 Å². The summed E-state index contributed by atoms with van der Waals surface area (Å²) in [4.78, 5) is 12.1. The number of carbonyl (C=O) groups is 1. The first kappa shape index (κ1) is 21.2. The molecule has 0 radical (unpaired) electrons. The van der Waals surface area contributed by atoms with Crippen molar-refractivity contribution in [1.82, 2.24) is 0 Å². The molecule has 30 heavy (non-hydrogen) atoms. The van der Waals surface area contributed by atoms with Crippen molar-refractivity contribution in [2.24, 2.45) is 52.3 Å². The Labute approximate surface area is 183 Å². The summed E-state index contributed by atoms with van der Waals surface area (Å²) in [5.74, 6) is 3.37. The fourth-order valence-corrected chi connectivity index (χ4v) is 9.11. The van der Waals surface area contributed by atoms with Gasteiger partial charge in [-0.25, -0.2) is 0 Å². The third-order valence-corrected chi connectivity index (χ3v) is 10.8.